The Kier molecular flexibility index (Phi) is 5.61. The number of urea groups is 1. The Labute approximate surface area is 125 Å². The second-order valence-electron chi connectivity index (χ2n) is 5.66. The fraction of sp³-hybridized carbons (Fsp3) is 0.733. The van der Waals surface area contributed by atoms with E-state index in [9.17, 15) is 9.59 Å². The van der Waals surface area contributed by atoms with E-state index < -0.39 is 5.97 Å². The smallest absolute Gasteiger partial charge is 0.320 e. The van der Waals surface area contributed by atoms with Gasteiger partial charge in [0.05, 0.1) is 19.1 Å². The Balaban J connectivity index is 1.73. The van der Waals surface area contributed by atoms with Crippen LogP contribution in [0, 0.1) is 0 Å². The van der Waals surface area contributed by atoms with E-state index in [0.29, 0.717) is 25.7 Å². The van der Waals surface area contributed by atoms with E-state index >= 15 is 0 Å². The SMILES string of the molecule is C=CCN(C(=O)N1CCC(OCCC(=O)O)CC1)C1CC1. The molecule has 0 aromatic heterocycles. The normalized spacial score (nSPS) is 19.3. The molecule has 2 fully saturated rings. The molecule has 0 radical (unpaired) electrons. The largest absolute Gasteiger partial charge is 0.481 e. The number of nitrogens with zero attached hydrogens (tertiary/aromatic N) is 2. The second kappa shape index (κ2) is 7.45. The van der Waals surface area contributed by atoms with Crippen molar-refractivity contribution < 1.29 is 19.4 Å². The number of carbonyl (C=O) groups is 2. The van der Waals surface area contributed by atoms with Gasteiger partial charge >= 0.3 is 12.0 Å². The molecule has 6 heteroatoms. The first kappa shape index (κ1) is 15.8. The lowest BCUT2D eigenvalue weighted by molar-refractivity contribution is -0.138. The molecule has 6 nitrogen and oxygen atoms in total. The zero-order valence-corrected chi connectivity index (χ0v) is 12.4. The lowest BCUT2D eigenvalue weighted by atomic mass is 10.1. The molecule has 0 bridgehead atoms. The van der Waals surface area contributed by atoms with E-state index in [1.54, 1.807) is 6.08 Å². The molecule has 2 aliphatic rings. The maximum absolute atomic E-state index is 12.5. The molecule has 1 N–H and O–H groups in total. The van der Waals surface area contributed by atoms with Gasteiger partial charge < -0.3 is 19.6 Å². The van der Waals surface area contributed by atoms with Crippen LogP contribution in [0.3, 0.4) is 0 Å². The number of rotatable bonds is 7. The number of hydrogen-bond donors (Lipinski definition) is 1. The lowest BCUT2D eigenvalue weighted by Crippen LogP contribution is -2.48. The Morgan fingerprint density at radius 2 is 1.95 bits per heavy atom. The fourth-order valence-corrected chi connectivity index (χ4v) is 2.62. The molecule has 1 saturated carbocycles. The van der Waals surface area contributed by atoms with Crippen LogP contribution >= 0.6 is 0 Å². The van der Waals surface area contributed by atoms with Crippen LogP contribution in [-0.2, 0) is 9.53 Å². The monoisotopic (exact) mass is 296 g/mol. The third-order valence-electron chi connectivity index (χ3n) is 3.94. The van der Waals surface area contributed by atoms with E-state index in [2.05, 4.69) is 6.58 Å². The first-order valence-corrected chi connectivity index (χ1v) is 7.61. The van der Waals surface area contributed by atoms with Crippen LogP contribution in [0.2, 0.25) is 0 Å². The minimum atomic E-state index is -0.841. The third-order valence-corrected chi connectivity index (χ3v) is 3.94. The zero-order chi connectivity index (χ0) is 15.2. The molecular weight excluding hydrogens is 272 g/mol. The minimum absolute atomic E-state index is 0.0357. The summed E-state index contributed by atoms with van der Waals surface area (Å²) in [4.78, 5) is 26.7. The van der Waals surface area contributed by atoms with Crippen molar-refractivity contribution in [2.24, 2.45) is 0 Å². The Morgan fingerprint density at radius 3 is 2.48 bits per heavy atom. The predicted octanol–water partition coefficient (Wildman–Crippen LogP) is 1.71. The van der Waals surface area contributed by atoms with Crippen LogP contribution < -0.4 is 0 Å². The Hall–Kier alpha value is -1.56. The predicted molar refractivity (Wildman–Crippen MR) is 78.1 cm³/mol. The van der Waals surface area contributed by atoms with Gasteiger partial charge in [-0.2, -0.15) is 0 Å². The summed E-state index contributed by atoms with van der Waals surface area (Å²) in [5, 5.41) is 8.58. The van der Waals surface area contributed by atoms with Crippen molar-refractivity contribution >= 4 is 12.0 Å². The van der Waals surface area contributed by atoms with Gasteiger partial charge in [0.15, 0.2) is 0 Å². The summed E-state index contributed by atoms with van der Waals surface area (Å²) in [6.45, 7) is 5.93. The summed E-state index contributed by atoms with van der Waals surface area (Å²) >= 11 is 0. The number of carboxylic acids is 1. The van der Waals surface area contributed by atoms with Gasteiger partial charge in [0.25, 0.3) is 0 Å². The standard InChI is InChI=1S/C15H24N2O4/c1-2-8-17(12-3-4-12)15(20)16-9-5-13(6-10-16)21-11-7-14(18)19/h2,12-13H,1,3-11H2,(H,18,19). The number of piperidine rings is 1. The first-order chi connectivity index (χ1) is 10.1. The van der Waals surface area contributed by atoms with Crippen LogP contribution in [0.4, 0.5) is 4.79 Å². The maximum Gasteiger partial charge on any atom is 0.320 e. The Bertz CT molecular complexity index is 387. The maximum atomic E-state index is 12.5. The van der Waals surface area contributed by atoms with E-state index in [1.807, 2.05) is 9.80 Å². The van der Waals surface area contributed by atoms with Crippen molar-refractivity contribution in [3.63, 3.8) is 0 Å². The molecule has 2 amide bonds. The van der Waals surface area contributed by atoms with Gasteiger partial charge in [-0.15, -0.1) is 6.58 Å². The van der Waals surface area contributed by atoms with Gasteiger partial charge in [0.1, 0.15) is 0 Å². The summed E-state index contributed by atoms with van der Waals surface area (Å²) in [6, 6.07) is 0.487. The third kappa shape index (κ3) is 4.74. The molecule has 0 aromatic carbocycles. The van der Waals surface area contributed by atoms with Gasteiger partial charge in [-0.3, -0.25) is 4.79 Å². The molecule has 1 saturated heterocycles. The Morgan fingerprint density at radius 1 is 1.29 bits per heavy atom. The molecule has 0 aromatic rings. The zero-order valence-electron chi connectivity index (χ0n) is 12.4. The summed E-state index contributed by atoms with van der Waals surface area (Å²) in [5.41, 5.74) is 0. The fourth-order valence-electron chi connectivity index (χ4n) is 2.62. The van der Waals surface area contributed by atoms with Crippen molar-refractivity contribution in [2.75, 3.05) is 26.2 Å². The average Bonchev–Trinajstić information content (AvgIpc) is 3.29. The summed E-state index contributed by atoms with van der Waals surface area (Å²) in [6.07, 6.45) is 5.62. The summed E-state index contributed by atoms with van der Waals surface area (Å²) in [7, 11) is 0. The van der Waals surface area contributed by atoms with Gasteiger partial charge in [0.2, 0.25) is 0 Å². The topological polar surface area (TPSA) is 70.1 Å². The number of likely N-dealkylation sites (tertiary alicyclic amines) is 1. The van der Waals surface area contributed by atoms with E-state index in [4.69, 9.17) is 9.84 Å². The number of carboxylic acid groups (broad SMARTS) is 1. The highest BCUT2D eigenvalue weighted by atomic mass is 16.5. The molecule has 0 spiro atoms. The summed E-state index contributed by atoms with van der Waals surface area (Å²) in [5.74, 6) is -0.841. The highest BCUT2D eigenvalue weighted by Gasteiger charge is 2.35. The van der Waals surface area contributed by atoms with Crippen LogP contribution in [0.15, 0.2) is 12.7 Å². The number of ether oxygens (including phenoxy) is 1. The van der Waals surface area contributed by atoms with Gasteiger partial charge in [-0.05, 0) is 25.7 Å². The quantitative estimate of drug-likeness (QED) is 0.726. The molecule has 1 heterocycles. The summed E-state index contributed by atoms with van der Waals surface area (Å²) < 4.78 is 5.54. The van der Waals surface area contributed by atoms with Crippen molar-refractivity contribution in [1.82, 2.24) is 9.80 Å². The second-order valence-corrected chi connectivity index (χ2v) is 5.66. The molecule has 0 atom stereocenters. The molecule has 118 valence electrons. The molecule has 2 rings (SSSR count). The molecular formula is C15H24N2O4. The van der Waals surface area contributed by atoms with Gasteiger partial charge in [-0.1, -0.05) is 6.08 Å². The highest BCUT2D eigenvalue weighted by Crippen LogP contribution is 2.28. The van der Waals surface area contributed by atoms with Crippen molar-refractivity contribution in [3.05, 3.63) is 12.7 Å². The van der Waals surface area contributed by atoms with Gasteiger partial charge in [0, 0.05) is 25.7 Å². The molecule has 21 heavy (non-hydrogen) atoms. The van der Waals surface area contributed by atoms with Crippen LogP contribution in [0.1, 0.15) is 32.1 Å². The highest BCUT2D eigenvalue weighted by molar-refractivity contribution is 5.75. The molecule has 1 aliphatic heterocycles. The van der Waals surface area contributed by atoms with E-state index in [-0.39, 0.29) is 25.2 Å². The molecule has 1 aliphatic carbocycles. The van der Waals surface area contributed by atoms with Gasteiger partial charge in [-0.25, -0.2) is 4.79 Å². The van der Waals surface area contributed by atoms with E-state index in [0.717, 1.165) is 25.7 Å². The number of hydrogen-bond acceptors (Lipinski definition) is 3. The number of aliphatic carboxylic acids is 1. The average molecular weight is 296 g/mol. The van der Waals surface area contributed by atoms with E-state index in [1.165, 1.54) is 0 Å². The molecule has 0 unspecified atom stereocenters. The van der Waals surface area contributed by atoms with Crippen molar-refractivity contribution in [2.45, 2.75) is 44.2 Å². The lowest BCUT2D eigenvalue weighted by Gasteiger charge is -2.35. The minimum Gasteiger partial charge on any atom is -0.481 e. The number of carbonyl (C=O) groups excluding carboxylic acids is 1. The first-order valence-electron chi connectivity index (χ1n) is 7.61. The van der Waals surface area contributed by atoms with Crippen LogP contribution in [-0.4, -0.2) is 65.3 Å². The van der Waals surface area contributed by atoms with Crippen molar-refractivity contribution in [3.8, 4) is 0 Å². The van der Waals surface area contributed by atoms with Crippen LogP contribution in [0.5, 0.6) is 0 Å². The van der Waals surface area contributed by atoms with Crippen LogP contribution in [0.25, 0.3) is 0 Å². The van der Waals surface area contributed by atoms with Crippen molar-refractivity contribution in [1.29, 1.82) is 0 Å². The number of amides is 2.